The molecule has 0 atom stereocenters. The number of halogens is 1. The second-order valence-electron chi connectivity index (χ2n) is 3.27. The monoisotopic (exact) mass is 237 g/mol. The normalized spacial score (nSPS) is 9.31. The van der Waals surface area contributed by atoms with Crippen molar-refractivity contribution in [1.29, 1.82) is 5.26 Å². The van der Waals surface area contributed by atoms with Gasteiger partial charge in [0.1, 0.15) is 6.54 Å². The summed E-state index contributed by atoms with van der Waals surface area (Å²) in [6, 6.07) is 7.37. The number of nitriles is 1. The highest BCUT2D eigenvalue weighted by Gasteiger charge is 2.03. The Hall–Kier alpha value is -1.73. The first-order chi connectivity index (χ1) is 7.63. The fourth-order valence-electron chi connectivity index (χ4n) is 1.14. The van der Waals surface area contributed by atoms with Crippen LogP contribution in [-0.2, 0) is 4.79 Å². The molecule has 0 aliphatic heterocycles. The number of carbonyl (C=O) groups is 1. The number of hydrogen-bond donors (Lipinski definition) is 2. The second-order valence-corrected chi connectivity index (χ2v) is 3.68. The molecule has 0 saturated heterocycles. The van der Waals surface area contributed by atoms with E-state index in [0.29, 0.717) is 10.7 Å². The Balaban J connectivity index is 2.49. The van der Waals surface area contributed by atoms with Gasteiger partial charge in [-0.3, -0.25) is 4.79 Å². The third-order valence-corrected chi connectivity index (χ3v) is 2.24. The minimum absolute atomic E-state index is 0.0160. The average molecular weight is 238 g/mol. The molecule has 84 valence electrons. The lowest BCUT2D eigenvalue weighted by Gasteiger charge is -2.08. The van der Waals surface area contributed by atoms with E-state index < -0.39 is 0 Å². The van der Waals surface area contributed by atoms with Crippen LogP contribution in [0.3, 0.4) is 0 Å². The van der Waals surface area contributed by atoms with Crippen LogP contribution in [0.5, 0.6) is 0 Å². The molecule has 0 aliphatic carbocycles. The van der Waals surface area contributed by atoms with Crippen molar-refractivity contribution in [1.82, 2.24) is 5.32 Å². The zero-order valence-electron chi connectivity index (χ0n) is 8.88. The van der Waals surface area contributed by atoms with Crippen molar-refractivity contribution in [3.63, 3.8) is 0 Å². The van der Waals surface area contributed by atoms with Crippen molar-refractivity contribution < 1.29 is 4.79 Å². The summed E-state index contributed by atoms with van der Waals surface area (Å²) in [5, 5.41) is 14.2. The van der Waals surface area contributed by atoms with Crippen molar-refractivity contribution >= 4 is 23.2 Å². The zero-order chi connectivity index (χ0) is 12.0. The van der Waals surface area contributed by atoms with Gasteiger partial charge in [-0.05, 0) is 24.6 Å². The van der Waals surface area contributed by atoms with E-state index in [1.54, 1.807) is 0 Å². The SMILES string of the molecule is Cc1ccc(NCC(=O)NCC#N)c(Cl)c1. The smallest absolute Gasteiger partial charge is 0.240 e. The van der Waals surface area contributed by atoms with Crippen LogP contribution >= 0.6 is 11.6 Å². The standard InChI is InChI=1S/C11H12ClN3O/c1-8-2-3-10(9(12)6-8)15-7-11(16)14-5-4-13/h2-3,6,15H,5,7H2,1H3,(H,14,16). The van der Waals surface area contributed by atoms with E-state index in [-0.39, 0.29) is 19.0 Å². The molecule has 1 amide bonds. The third-order valence-electron chi connectivity index (χ3n) is 1.93. The highest BCUT2D eigenvalue weighted by molar-refractivity contribution is 6.33. The Bertz CT molecular complexity index is 426. The molecule has 0 aromatic heterocycles. The van der Waals surface area contributed by atoms with Gasteiger partial charge in [0.2, 0.25) is 5.91 Å². The maximum absolute atomic E-state index is 11.2. The Labute approximate surface area is 99.2 Å². The van der Waals surface area contributed by atoms with Crippen LogP contribution in [0.4, 0.5) is 5.69 Å². The lowest BCUT2D eigenvalue weighted by Crippen LogP contribution is -2.30. The Kier molecular flexibility index (Phi) is 4.62. The van der Waals surface area contributed by atoms with E-state index >= 15 is 0 Å². The number of anilines is 1. The van der Waals surface area contributed by atoms with E-state index in [9.17, 15) is 4.79 Å². The highest BCUT2D eigenvalue weighted by Crippen LogP contribution is 2.22. The molecular weight excluding hydrogens is 226 g/mol. The fourth-order valence-corrected chi connectivity index (χ4v) is 1.44. The molecule has 1 aromatic rings. The molecule has 0 radical (unpaired) electrons. The molecule has 0 bridgehead atoms. The van der Waals surface area contributed by atoms with Gasteiger partial charge >= 0.3 is 0 Å². The van der Waals surface area contributed by atoms with Gasteiger partial charge in [0.25, 0.3) is 0 Å². The van der Waals surface area contributed by atoms with Gasteiger partial charge in [-0.2, -0.15) is 5.26 Å². The number of nitrogens with one attached hydrogen (secondary N) is 2. The minimum atomic E-state index is -0.238. The van der Waals surface area contributed by atoms with Crippen LogP contribution in [0.15, 0.2) is 18.2 Å². The summed E-state index contributed by atoms with van der Waals surface area (Å²) in [6.45, 7) is 2.06. The number of nitrogens with zero attached hydrogens (tertiary/aromatic N) is 1. The van der Waals surface area contributed by atoms with E-state index in [2.05, 4.69) is 10.6 Å². The average Bonchev–Trinajstić information content (AvgIpc) is 2.25. The first kappa shape index (κ1) is 12.3. The zero-order valence-corrected chi connectivity index (χ0v) is 9.64. The number of hydrogen-bond acceptors (Lipinski definition) is 3. The van der Waals surface area contributed by atoms with Crippen molar-refractivity contribution in [2.24, 2.45) is 0 Å². The van der Waals surface area contributed by atoms with E-state index in [0.717, 1.165) is 5.56 Å². The van der Waals surface area contributed by atoms with Gasteiger partial charge in [0.05, 0.1) is 23.3 Å². The fraction of sp³-hybridized carbons (Fsp3) is 0.273. The predicted molar refractivity (Wildman–Crippen MR) is 63.3 cm³/mol. The molecule has 0 fully saturated rings. The summed E-state index contributed by atoms with van der Waals surface area (Å²) in [4.78, 5) is 11.2. The molecule has 0 saturated carbocycles. The molecule has 4 nitrogen and oxygen atoms in total. The summed E-state index contributed by atoms with van der Waals surface area (Å²) in [6.07, 6.45) is 0. The van der Waals surface area contributed by atoms with Crippen LogP contribution in [0.1, 0.15) is 5.56 Å². The molecular formula is C11H12ClN3O. The topological polar surface area (TPSA) is 64.9 Å². The first-order valence-corrected chi connectivity index (χ1v) is 5.15. The van der Waals surface area contributed by atoms with Gasteiger partial charge < -0.3 is 10.6 Å². The molecule has 0 heterocycles. The number of rotatable bonds is 4. The summed E-state index contributed by atoms with van der Waals surface area (Å²) in [5.41, 5.74) is 1.77. The quantitative estimate of drug-likeness (QED) is 0.784. The van der Waals surface area contributed by atoms with Crippen LogP contribution < -0.4 is 10.6 Å². The molecule has 0 spiro atoms. The van der Waals surface area contributed by atoms with Crippen molar-refractivity contribution in [3.05, 3.63) is 28.8 Å². The van der Waals surface area contributed by atoms with Crippen LogP contribution in [-0.4, -0.2) is 19.0 Å². The first-order valence-electron chi connectivity index (χ1n) is 4.77. The van der Waals surface area contributed by atoms with Gasteiger partial charge in [-0.25, -0.2) is 0 Å². The Morgan fingerprint density at radius 3 is 2.94 bits per heavy atom. The van der Waals surface area contributed by atoms with Crippen molar-refractivity contribution in [2.75, 3.05) is 18.4 Å². The molecule has 5 heteroatoms. The summed E-state index contributed by atoms with van der Waals surface area (Å²) >= 11 is 5.97. The highest BCUT2D eigenvalue weighted by atomic mass is 35.5. The number of amides is 1. The van der Waals surface area contributed by atoms with Gasteiger partial charge in [0, 0.05) is 0 Å². The van der Waals surface area contributed by atoms with Gasteiger partial charge in [-0.1, -0.05) is 17.7 Å². The van der Waals surface area contributed by atoms with Gasteiger partial charge in [-0.15, -0.1) is 0 Å². The van der Waals surface area contributed by atoms with E-state index in [1.807, 2.05) is 31.2 Å². The van der Waals surface area contributed by atoms with E-state index in [4.69, 9.17) is 16.9 Å². The summed E-state index contributed by atoms with van der Waals surface area (Å²) in [7, 11) is 0. The van der Waals surface area contributed by atoms with Gasteiger partial charge in [0.15, 0.2) is 0 Å². The van der Waals surface area contributed by atoms with Crippen LogP contribution in [0, 0.1) is 18.3 Å². The largest absolute Gasteiger partial charge is 0.375 e. The van der Waals surface area contributed by atoms with Crippen LogP contribution in [0.25, 0.3) is 0 Å². The Morgan fingerprint density at radius 1 is 1.56 bits per heavy atom. The third kappa shape index (κ3) is 3.79. The number of carbonyl (C=O) groups excluding carboxylic acids is 1. The Morgan fingerprint density at radius 2 is 2.31 bits per heavy atom. The van der Waals surface area contributed by atoms with Crippen LogP contribution in [0.2, 0.25) is 5.02 Å². The lowest BCUT2D eigenvalue weighted by molar-refractivity contribution is -0.119. The molecule has 2 N–H and O–H groups in total. The second kappa shape index (κ2) is 5.99. The molecule has 0 unspecified atom stereocenters. The van der Waals surface area contributed by atoms with Crippen molar-refractivity contribution in [2.45, 2.75) is 6.92 Å². The molecule has 1 rings (SSSR count). The number of aryl methyl sites for hydroxylation is 1. The molecule has 0 aliphatic rings. The lowest BCUT2D eigenvalue weighted by atomic mass is 10.2. The minimum Gasteiger partial charge on any atom is -0.375 e. The summed E-state index contributed by atoms with van der Waals surface area (Å²) < 4.78 is 0. The number of benzene rings is 1. The summed E-state index contributed by atoms with van der Waals surface area (Å²) in [5.74, 6) is -0.238. The molecule has 1 aromatic carbocycles. The van der Waals surface area contributed by atoms with Crippen molar-refractivity contribution in [3.8, 4) is 6.07 Å². The maximum atomic E-state index is 11.2. The predicted octanol–water partition coefficient (Wildman–Crippen LogP) is 1.70. The molecule has 16 heavy (non-hydrogen) atoms. The van der Waals surface area contributed by atoms with E-state index in [1.165, 1.54) is 0 Å². The maximum Gasteiger partial charge on any atom is 0.240 e.